The van der Waals surface area contributed by atoms with Gasteiger partial charge in [0, 0.05) is 18.8 Å². The van der Waals surface area contributed by atoms with Crippen molar-refractivity contribution in [2.24, 2.45) is 0 Å². The van der Waals surface area contributed by atoms with Gasteiger partial charge in [-0.15, -0.1) is 0 Å². The van der Waals surface area contributed by atoms with Crippen molar-refractivity contribution in [3.63, 3.8) is 0 Å². The number of aromatic nitrogens is 4. The van der Waals surface area contributed by atoms with Crippen LogP contribution in [0.5, 0.6) is 5.75 Å². The second-order valence-corrected chi connectivity index (χ2v) is 8.26. The topological polar surface area (TPSA) is 114 Å². The Kier molecular flexibility index (Phi) is 6.63. The Morgan fingerprint density at radius 3 is 2.67 bits per heavy atom. The number of rotatable bonds is 6. The van der Waals surface area contributed by atoms with Crippen LogP contribution in [0.25, 0.3) is 10.9 Å². The number of fused-ring (bicyclic) bond motifs is 1. The van der Waals surface area contributed by atoms with Crippen LogP contribution in [0.3, 0.4) is 0 Å². The highest BCUT2D eigenvalue weighted by atomic mass is 16.6. The Morgan fingerprint density at radius 2 is 1.91 bits per heavy atom. The highest BCUT2D eigenvalue weighted by Crippen LogP contribution is 2.26. The fraction of sp³-hybridized carbons (Fsp3) is 0.478. The van der Waals surface area contributed by atoms with Gasteiger partial charge in [-0.1, -0.05) is 12.8 Å². The third kappa shape index (κ3) is 5.23. The van der Waals surface area contributed by atoms with E-state index < -0.39 is 0 Å². The van der Waals surface area contributed by atoms with E-state index >= 15 is 0 Å². The van der Waals surface area contributed by atoms with Gasteiger partial charge in [-0.2, -0.15) is 10.1 Å². The quantitative estimate of drug-likeness (QED) is 0.582. The first kappa shape index (κ1) is 21.6. The zero-order valence-electron chi connectivity index (χ0n) is 18.5. The zero-order valence-corrected chi connectivity index (χ0v) is 18.5. The largest absolute Gasteiger partial charge is 0.491 e. The van der Waals surface area contributed by atoms with Gasteiger partial charge in [0.05, 0.1) is 26.0 Å². The summed E-state index contributed by atoms with van der Waals surface area (Å²) >= 11 is 0. The number of hydrogen-bond donors (Lipinski definition) is 2. The SMILES string of the molecule is O=c1[nH]ncc2nc(N3CCCCCC3)nc(Nc3ccc(OCC4COCCO4)cc3)c12. The number of ether oxygens (including phenoxy) is 3. The molecule has 0 saturated carbocycles. The molecular formula is C23H28N6O4. The van der Waals surface area contributed by atoms with Gasteiger partial charge >= 0.3 is 0 Å². The maximum Gasteiger partial charge on any atom is 0.277 e. The van der Waals surface area contributed by atoms with Crippen LogP contribution in [0.1, 0.15) is 25.7 Å². The number of anilines is 3. The van der Waals surface area contributed by atoms with Crippen LogP contribution < -0.4 is 20.5 Å². The molecule has 4 heterocycles. The third-order valence-corrected chi connectivity index (χ3v) is 5.83. The number of nitrogens with zero attached hydrogens (tertiary/aromatic N) is 4. The normalized spacial score (nSPS) is 19.3. The molecule has 2 saturated heterocycles. The van der Waals surface area contributed by atoms with E-state index in [0.717, 1.165) is 37.4 Å². The van der Waals surface area contributed by atoms with Gasteiger partial charge < -0.3 is 24.4 Å². The van der Waals surface area contributed by atoms with Gasteiger partial charge in [0.15, 0.2) is 0 Å². The van der Waals surface area contributed by atoms with E-state index in [2.05, 4.69) is 25.4 Å². The minimum absolute atomic E-state index is 0.0540. The van der Waals surface area contributed by atoms with Crippen LogP contribution in [0.4, 0.5) is 17.5 Å². The Hall–Kier alpha value is -3.24. The lowest BCUT2D eigenvalue weighted by Gasteiger charge is -2.23. The monoisotopic (exact) mass is 452 g/mol. The summed E-state index contributed by atoms with van der Waals surface area (Å²) in [6.07, 6.45) is 6.16. The molecule has 5 rings (SSSR count). The molecule has 10 heteroatoms. The van der Waals surface area contributed by atoms with Gasteiger partial charge in [0.1, 0.15) is 35.2 Å². The van der Waals surface area contributed by atoms with E-state index in [1.54, 1.807) is 6.20 Å². The van der Waals surface area contributed by atoms with Crippen molar-refractivity contribution in [2.75, 3.05) is 49.7 Å². The van der Waals surface area contributed by atoms with Crippen molar-refractivity contribution in [2.45, 2.75) is 31.8 Å². The fourth-order valence-electron chi connectivity index (χ4n) is 4.09. The molecule has 1 aromatic carbocycles. The highest BCUT2D eigenvalue weighted by molar-refractivity contribution is 5.90. The second kappa shape index (κ2) is 10.1. The van der Waals surface area contributed by atoms with E-state index in [-0.39, 0.29) is 11.7 Å². The first-order valence-electron chi connectivity index (χ1n) is 11.5. The second-order valence-electron chi connectivity index (χ2n) is 8.26. The molecule has 0 radical (unpaired) electrons. The molecule has 2 aliphatic rings. The number of H-pyrrole nitrogens is 1. The Morgan fingerprint density at radius 1 is 1.09 bits per heavy atom. The average molecular weight is 453 g/mol. The number of aromatic amines is 1. The number of benzene rings is 1. The molecule has 2 aromatic heterocycles. The van der Waals surface area contributed by atoms with E-state index in [4.69, 9.17) is 19.2 Å². The Bertz CT molecular complexity index is 1120. The predicted octanol–water partition coefficient (Wildman–Crippen LogP) is 2.63. The molecule has 1 unspecified atom stereocenters. The summed E-state index contributed by atoms with van der Waals surface area (Å²) in [7, 11) is 0. The predicted molar refractivity (Wildman–Crippen MR) is 124 cm³/mol. The minimum Gasteiger partial charge on any atom is -0.491 e. The summed E-state index contributed by atoms with van der Waals surface area (Å²) in [5.41, 5.74) is 0.981. The summed E-state index contributed by atoms with van der Waals surface area (Å²) in [5, 5.41) is 10.1. The Balaban J connectivity index is 1.36. The van der Waals surface area contributed by atoms with Crippen molar-refractivity contribution >= 4 is 28.4 Å². The molecule has 0 bridgehead atoms. The average Bonchev–Trinajstić information content (AvgIpc) is 3.14. The molecular weight excluding hydrogens is 424 g/mol. The first-order chi connectivity index (χ1) is 16.3. The molecule has 2 N–H and O–H groups in total. The van der Waals surface area contributed by atoms with Gasteiger partial charge in [-0.3, -0.25) is 4.79 Å². The summed E-state index contributed by atoms with van der Waals surface area (Å²) in [5.74, 6) is 1.81. The van der Waals surface area contributed by atoms with Crippen LogP contribution in [-0.4, -0.2) is 65.8 Å². The summed E-state index contributed by atoms with van der Waals surface area (Å²) < 4.78 is 16.8. The van der Waals surface area contributed by atoms with Gasteiger partial charge in [-0.25, -0.2) is 10.1 Å². The van der Waals surface area contributed by atoms with E-state index in [1.165, 1.54) is 12.8 Å². The molecule has 0 aliphatic carbocycles. The lowest BCUT2D eigenvalue weighted by Crippen LogP contribution is -2.33. The van der Waals surface area contributed by atoms with Crippen LogP contribution in [0.2, 0.25) is 0 Å². The van der Waals surface area contributed by atoms with Crippen molar-refractivity contribution in [3.8, 4) is 5.75 Å². The van der Waals surface area contributed by atoms with Gasteiger partial charge in [-0.05, 0) is 37.1 Å². The van der Waals surface area contributed by atoms with Crippen molar-refractivity contribution in [3.05, 3.63) is 40.8 Å². The highest BCUT2D eigenvalue weighted by Gasteiger charge is 2.18. The molecule has 2 fully saturated rings. The van der Waals surface area contributed by atoms with Crippen molar-refractivity contribution in [1.82, 2.24) is 20.2 Å². The number of hydrogen-bond acceptors (Lipinski definition) is 9. The molecule has 0 spiro atoms. The maximum atomic E-state index is 12.5. The van der Waals surface area contributed by atoms with Gasteiger partial charge in [0.2, 0.25) is 5.95 Å². The summed E-state index contributed by atoms with van der Waals surface area (Å²) in [4.78, 5) is 24.1. The maximum absolute atomic E-state index is 12.5. The van der Waals surface area contributed by atoms with Crippen LogP contribution in [-0.2, 0) is 9.47 Å². The molecule has 10 nitrogen and oxygen atoms in total. The van der Waals surface area contributed by atoms with Crippen molar-refractivity contribution in [1.29, 1.82) is 0 Å². The summed E-state index contributed by atoms with van der Waals surface area (Å²) in [6.45, 7) is 4.02. The standard InChI is InChI=1S/C23H28N6O4/c30-22-20-19(13-24-28-22)26-23(29-9-3-1-2-4-10-29)27-21(20)25-16-5-7-17(8-6-16)33-15-18-14-31-11-12-32-18/h5-8,13,18H,1-4,9-12,14-15H2,(H,28,30)(H,25,26,27). The molecule has 0 amide bonds. The molecule has 2 aliphatic heterocycles. The van der Waals surface area contributed by atoms with Crippen LogP contribution in [0.15, 0.2) is 35.3 Å². The third-order valence-electron chi connectivity index (χ3n) is 5.83. The lowest BCUT2D eigenvalue weighted by molar-refractivity contribution is -0.101. The van der Waals surface area contributed by atoms with Crippen LogP contribution >= 0.6 is 0 Å². The van der Waals surface area contributed by atoms with Gasteiger partial charge in [0.25, 0.3) is 5.56 Å². The van der Waals surface area contributed by atoms with Crippen molar-refractivity contribution < 1.29 is 14.2 Å². The Labute approximate surface area is 191 Å². The summed E-state index contributed by atoms with van der Waals surface area (Å²) in [6, 6.07) is 7.53. The van der Waals surface area contributed by atoms with E-state index in [1.807, 2.05) is 24.3 Å². The fourth-order valence-corrected chi connectivity index (χ4v) is 4.09. The lowest BCUT2D eigenvalue weighted by atomic mass is 10.2. The zero-order chi connectivity index (χ0) is 22.5. The first-order valence-corrected chi connectivity index (χ1v) is 11.5. The molecule has 1 atom stereocenters. The van der Waals surface area contributed by atoms with E-state index in [9.17, 15) is 4.79 Å². The molecule has 33 heavy (non-hydrogen) atoms. The smallest absolute Gasteiger partial charge is 0.277 e. The minimum atomic E-state index is -0.327. The van der Waals surface area contributed by atoms with Crippen LogP contribution in [0, 0.1) is 0 Å². The molecule has 3 aromatic rings. The number of nitrogens with one attached hydrogen (secondary N) is 2. The molecule has 174 valence electrons. The van der Waals surface area contributed by atoms with E-state index in [0.29, 0.717) is 49.1 Å².